The standard InChI is InChI=1S/C21H31NO6/c1-6-21(7-2,14-8-9-17(27-4)18(10-14)28-5)20(25)22-13-16(26-3)11-15(22)12-19(23)24/h8-10,15-16H,6-7,11-13H2,1-5H3,(H,23,24). The van der Waals surface area contributed by atoms with Crippen LogP contribution in [0.25, 0.3) is 0 Å². The fourth-order valence-corrected chi connectivity index (χ4v) is 4.18. The van der Waals surface area contributed by atoms with Crippen LogP contribution in [0.1, 0.15) is 45.1 Å². The maximum atomic E-state index is 13.7. The van der Waals surface area contributed by atoms with E-state index in [0.717, 1.165) is 5.56 Å². The molecule has 156 valence electrons. The van der Waals surface area contributed by atoms with Crippen LogP contribution in [0.15, 0.2) is 18.2 Å². The number of carbonyl (C=O) groups excluding carboxylic acids is 1. The minimum atomic E-state index is -0.913. The van der Waals surface area contributed by atoms with E-state index in [2.05, 4.69) is 0 Å². The molecule has 1 aromatic rings. The monoisotopic (exact) mass is 393 g/mol. The molecule has 1 N–H and O–H groups in total. The smallest absolute Gasteiger partial charge is 0.305 e. The van der Waals surface area contributed by atoms with Crippen molar-refractivity contribution >= 4 is 11.9 Å². The number of benzene rings is 1. The lowest BCUT2D eigenvalue weighted by Gasteiger charge is -2.37. The van der Waals surface area contributed by atoms with Crippen LogP contribution in [0, 0.1) is 0 Å². The number of methoxy groups -OCH3 is 3. The molecule has 28 heavy (non-hydrogen) atoms. The fourth-order valence-electron chi connectivity index (χ4n) is 4.18. The molecule has 1 saturated heterocycles. The largest absolute Gasteiger partial charge is 0.493 e. The van der Waals surface area contributed by atoms with Crippen molar-refractivity contribution in [1.82, 2.24) is 4.90 Å². The molecule has 1 aliphatic heterocycles. The van der Waals surface area contributed by atoms with E-state index in [4.69, 9.17) is 14.2 Å². The summed E-state index contributed by atoms with van der Waals surface area (Å²) in [7, 11) is 4.73. The van der Waals surface area contributed by atoms with E-state index in [0.29, 0.717) is 37.3 Å². The second kappa shape index (κ2) is 9.28. The van der Waals surface area contributed by atoms with E-state index in [1.807, 2.05) is 26.0 Å². The molecule has 1 fully saturated rings. The van der Waals surface area contributed by atoms with Gasteiger partial charge in [-0.15, -0.1) is 0 Å². The maximum absolute atomic E-state index is 13.7. The number of hydrogen-bond donors (Lipinski definition) is 1. The van der Waals surface area contributed by atoms with Gasteiger partial charge in [0.1, 0.15) is 0 Å². The van der Waals surface area contributed by atoms with Gasteiger partial charge in [0.2, 0.25) is 5.91 Å². The molecule has 1 aliphatic rings. The zero-order chi connectivity index (χ0) is 20.9. The number of ether oxygens (including phenoxy) is 3. The summed E-state index contributed by atoms with van der Waals surface area (Å²) in [6.45, 7) is 4.37. The molecule has 0 spiro atoms. The number of nitrogens with zero attached hydrogens (tertiary/aromatic N) is 1. The summed E-state index contributed by atoms with van der Waals surface area (Å²) in [6, 6.07) is 5.17. The van der Waals surface area contributed by atoms with Crippen molar-refractivity contribution in [3.05, 3.63) is 23.8 Å². The van der Waals surface area contributed by atoms with Crippen molar-refractivity contribution < 1.29 is 28.9 Å². The van der Waals surface area contributed by atoms with Crippen LogP contribution in [-0.2, 0) is 19.7 Å². The summed E-state index contributed by atoms with van der Waals surface area (Å²) in [5.41, 5.74) is 0.0777. The lowest BCUT2D eigenvalue weighted by atomic mass is 9.74. The van der Waals surface area contributed by atoms with Gasteiger partial charge in [-0.1, -0.05) is 19.9 Å². The van der Waals surface area contributed by atoms with Crippen molar-refractivity contribution in [3.63, 3.8) is 0 Å². The molecule has 0 bridgehead atoms. The average Bonchev–Trinajstić information content (AvgIpc) is 3.11. The van der Waals surface area contributed by atoms with E-state index in [-0.39, 0.29) is 24.5 Å². The van der Waals surface area contributed by atoms with Gasteiger partial charge in [0, 0.05) is 19.7 Å². The first-order valence-corrected chi connectivity index (χ1v) is 9.64. The molecule has 1 aromatic carbocycles. The number of amides is 1. The minimum Gasteiger partial charge on any atom is -0.493 e. The lowest BCUT2D eigenvalue weighted by molar-refractivity contribution is -0.142. The van der Waals surface area contributed by atoms with E-state index in [1.54, 1.807) is 32.3 Å². The van der Waals surface area contributed by atoms with Crippen molar-refractivity contribution in [2.75, 3.05) is 27.9 Å². The van der Waals surface area contributed by atoms with E-state index in [1.165, 1.54) is 0 Å². The SMILES string of the molecule is CCC(CC)(C(=O)N1CC(OC)CC1CC(=O)O)c1ccc(OC)c(OC)c1. The third-order valence-electron chi connectivity index (χ3n) is 5.93. The summed E-state index contributed by atoms with van der Waals surface area (Å²) in [6.07, 6.45) is 1.48. The van der Waals surface area contributed by atoms with Gasteiger partial charge in [-0.05, 0) is 37.0 Å². The van der Waals surface area contributed by atoms with Crippen LogP contribution in [0.2, 0.25) is 0 Å². The van der Waals surface area contributed by atoms with Gasteiger partial charge in [-0.25, -0.2) is 0 Å². The van der Waals surface area contributed by atoms with Gasteiger partial charge in [0.15, 0.2) is 11.5 Å². The van der Waals surface area contributed by atoms with Crippen molar-refractivity contribution in [2.24, 2.45) is 0 Å². The van der Waals surface area contributed by atoms with E-state index < -0.39 is 11.4 Å². The molecule has 0 aromatic heterocycles. The number of hydrogen-bond acceptors (Lipinski definition) is 5. The second-order valence-corrected chi connectivity index (χ2v) is 7.16. The van der Waals surface area contributed by atoms with E-state index in [9.17, 15) is 14.7 Å². The van der Waals surface area contributed by atoms with Crippen LogP contribution in [0.4, 0.5) is 0 Å². The molecule has 2 atom stereocenters. The normalized spacial score (nSPS) is 19.5. The first-order valence-electron chi connectivity index (χ1n) is 9.64. The molecule has 7 nitrogen and oxygen atoms in total. The highest BCUT2D eigenvalue weighted by Crippen LogP contribution is 2.40. The molecule has 0 aliphatic carbocycles. The van der Waals surface area contributed by atoms with Gasteiger partial charge < -0.3 is 24.2 Å². The molecule has 0 radical (unpaired) electrons. The van der Waals surface area contributed by atoms with Crippen LogP contribution in [0.5, 0.6) is 11.5 Å². The summed E-state index contributed by atoms with van der Waals surface area (Å²) in [5.74, 6) is 0.196. The van der Waals surface area contributed by atoms with Crippen LogP contribution < -0.4 is 9.47 Å². The van der Waals surface area contributed by atoms with Crippen molar-refractivity contribution in [3.8, 4) is 11.5 Å². The highest BCUT2D eigenvalue weighted by molar-refractivity contribution is 5.89. The third kappa shape index (κ3) is 4.09. The van der Waals surface area contributed by atoms with Crippen LogP contribution in [0.3, 0.4) is 0 Å². The predicted molar refractivity (Wildman–Crippen MR) is 105 cm³/mol. The summed E-state index contributed by atoms with van der Waals surface area (Å²) < 4.78 is 16.2. The Bertz CT molecular complexity index is 700. The van der Waals surface area contributed by atoms with Crippen LogP contribution in [-0.4, -0.2) is 61.9 Å². The van der Waals surface area contributed by atoms with Gasteiger partial charge in [0.25, 0.3) is 0 Å². The molecule has 7 heteroatoms. The highest BCUT2D eigenvalue weighted by Gasteiger charge is 2.46. The average molecular weight is 393 g/mol. The quantitative estimate of drug-likeness (QED) is 0.694. The fraction of sp³-hybridized carbons (Fsp3) is 0.619. The van der Waals surface area contributed by atoms with Crippen molar-refractivity contribution in [2.45, 2.75) is 57.1 Å². The summed E-state index contributed by atoms with van der Waals surface area (Å²) in [5, 5.41) is 9.28. The Hall–Kier alpha value is -2.28. The Morgan fingerprint density at radius 2 is 1.79 bits per heavy atom. The third-order valence-corrected chi connectivity index (χ3v) is 5.93. The Kier molecular flexibility index (Phi) is 7.29. The van der Waals surface area contributed by atoms with Gasteiger partial charge in [-0.2, -0.15) is 0 Å². The Labute approximate surface area is 166 Å². The number of carboxylic acids is 1. The number of rotatable bonds is 9. The Morgan fingerprint density at radius 1 is 1.14 bits per heavy atom. The Morgan fingerprint density at radius 3 is 2.29 bits per heavy atom. The molecule has 1 amide bonds. The summed E-state index contributed by atoms with van der Waals surface area (Å²) >= 11 is 0. The molecular formula is C21H31NO6. The Balaban J connectivity index is 2.45. The summed E-state index contributed by atoms with van der Waals surface area (Å²) in [4.78, 5) is 26.8. The zero-order valence-corrected chi connectivity index (χ0v) is 17.4. The second-order valence-electron chi connectivity index (χ2n) is 7.16. The van der Waals surface area contributed by atoms with Crippen molar-refractivity contribution in [1.29, 1.82) is 0 Å². The number of carboxylic acid groups (broad SMARTS) is 1. The van der Waals surface area contributed by atoms with E-state index >= 15 is 0 Å². The number of likely N-dealkylation sites (tertiary alicyclic amines) is 1. The van der Waals surface area contributed by atoms with Crippen LogP contribution >= 0.6 is 0 Å². The van der Waals surface area contributed by atoms with Gasteiger partial charge >= 0.3 is 5.97 Å². The van der Waals surface area contributed by atoms with Gasteiger partial charge in [0.05, 0.1) is 32.2 Å². The minimum absolute atomic E-state index is 0.0597. The zero-order valence-electron chi connectivity index (χ0n) is 17.4. The molecule has 0 saturated carbocycles. The molecule has 2 unspecified atom stereocenters. The predicted octanol–water partition coefficient (Wildman–Crippen LogP) is 2.85. The lowest BCUT2D eigenvalue weighted by Crippen LogP contribution is -2.49. The van der Waals surface area contributed by atoms with Gasteiger partial charge in [-0.3, -0.25) is 9.59 Å². The first-order chi connectivity index (χ1) is 13.4. The maximum Gasteiger partial charge on any atom is 0.305 e. The number of carbonyl (C=O) groups is 2. The molecular weight excluding hydrogens is 362 g/mol. The molecule has 2 rings (SSSR count). The highest BCUT2D eigenvalue weighted by atomic mass is 16.5. The topological polar surface area (TPSA) is 85.3 Å². The number of aliphatic carboxylic acids is 1. The first kappa shape index (κ1) is 22.0. The molecule has 1 heterocycles.